The smallest absolute Gasteiger partial charge is 0.248 e. The average Bonchev–Trinajstić information content (AvgIpc) is 2.54. The predicted octanol–water partition coefficient (Wildman–Crippen LogP) is 4.29. The van der Waals surface area contributed by atoms with Gasteiger partial charge in [-0.15, -0.1) is 0 Å². The Morgan fingerprint density at radius 1 is 1.04 bits per heavy atom. The van der Waals surface area contributed by atoms with Crippen molar-refractivity contribution in [2.24, 2.45) is 0 Å². The van der Waals surface area contributed by atoms with E-state index in [9.17, 15) is 13.2 Å². The zero-order chi connectivity index (χ0) is 16.4. The fraction of sp³-hybridized carbons (Fsp3) is 0.200. The highest BCUT2D eigenvalue weighted by molar-refractivity contribution is 7.99. The molecule has 3 rings (SSSR count). The van der Waals surface area contributed by atoms with Crippen molar-refractivity contribution in [2.45, 2.75) is 23.4 Å². The van der Waals surface area contributed by atoms with Gasteiger partial charge in [0.25, 0.3) is 0 Å². The summed E-state index contributed by atoms with van der Waals surface area (Å²) in [6.45, 7) is 1.82. The molecule has 2 heterocycles. The van der Waals surface area contributed by atoms with Gasteiger partial charge in [0.15, 0.2) is 5.65 Å². The van der Waals surface area contributed by atoms with Crippen molar-refractivity contribution in [2.75, 3.05) is 0 Å². The fourth-order valence-corrected chi connectivity index (χ4v) is 3.04. The van der Waals surface area contributed by atoms with Crippen LogP contribution in [0.25, 0.3) is 11.2 Å². The first kappa shape index (κ1) is 15.7. The third kappa shape index (κ3) is 3.42. The van der Waals surface area contributed by atoms with Crippen molar-refractivity contribution in [3.05, 3.63) is 54.1 Å². The van der Waals surface area contributed by atoms with Crippen LogP contribution < -0.4 is 0 Å². The van der Waals surface area contributed by atoms with Crippen molar-refractivity contribution < 1.29 is 13.2 Å². The van der Waals surface area contributed by atoms with Gasteiger partial charge in [-0.25, -0.2) is 19.9 Å². The monoisotopic (exact) mass is 336 g/mol. The predicted molar refractivity (Wildman–Crippen MR) is 80.8 cm³/mol. The van der Waals surface area contributed by atoms with Crippen molar-refractivity contribution in [1.29, 1.82) is 0 Å². The molecule has 0 aliphatic carbocycles. The molecule has 2 aromatic heterocycles. The summed E-state index contributed by atoms with van der Waals surface area (Å²) in [7, 11) is 0. The van der Waals surface area contributed by atoms with E-state index in [0.29, 0.717) is 21.8 Å². The van der Waals surface area contributed by atoms with Crippen molar-refractivity contribution >= 4 is 22.9 Å². The van der Waals surface area contributed by atoms with E-state index in [-0.39, 0.29) is 5.25 Å². The Labute approximate surface area is 134 Å². The first-order valence-corrected chi connectivity index (χ1v) is 7.58. The van der Waals surface area contributed by atoms with Gasteiger partial charge in [0.2, 0.25) is 0 Å². The molecule has 0 bridgehead atoms. The molecule has 3 aromatic rings. The molecule has 1 unspecified atom stereocenters. The first-order chi connectivity index (χ1) is 10.9. The van der Waals surface area contributed by atoms with Crippen LogP contribution in [0.3, 0.4) is 0 Å². The van der Waals surface area contributed by atoms with Gasteiger partial charge in [0.05, 0.1) is 5.56 Å². The Hall–Kier alpha value is -2.22. The Kier molecular flexibility index (Phi) is 4.16. The molecule has 4 nitrogen and oxygen atoms in total. The van der Waals surface area contributed by atoms with E-state index < -0.39 is 11.7 Å². The lowest BCUT2D eigenvalue weighted by Gasteiger charge is -2.14. The molecule has 8 heteroatoms. The molecule has 0 saturated carbocycles. The van der Waals surface area contributed by atoms with E-state index in [1.807, 2.05) is 6.92 Å². The second-order valence-electron chi connectivity index (χ2n) is 4.79. The topological polar surface area (TPSA) is 51.6 Å². The summed E-state index contributed by atoms with van der Waals surface area (Å²) in [6, 6.07) is 5.30. The summed E-state index contributed by atoms with van der Waals surface area (Å²) in [6.07, 6.45) is 0.0798. The highest BCUT2D eigenvalue weighted by Crippen LogP contribution is 2.38. The summed E-state index contributed by atoms with van der Waals surface area (Å²) in [5, 5.41) is 0.366. The summed E-state index contributed by atoms with van der Waals surface area (Å²) in [5.74, 6) is 0. The largest absolute Gasteiger partial charge is 0.416 e. The normalized spacial score (nSPS) is 13.2. The van der Waals surface area contributed by atoms with Crippen LogP contribution >= 0.6 is 11.8 Å². The SMILES string of the molecule is CC(Sc1ncnc2nccnc12)c1cccc(C(F)(F)F)c1. The van der Waals surface area contributed by atoms with Crippen LogP contribution in [0.5, 0.6) is 0 Å². The standard InChI is InChI=1S/C15H11F3N4S/c1-9(10-3-2-4-11(7-10)15(16,17)18)23-14-12-13(21-8-22-14)20-6-5-19-12/h2-9H,1H3. The number of rotatable bonds is 3. The lowest BCUT2D eigenvalue weighted by atomic mass is 10.1. The van der Waals surface area contributed by atoms with Crippen molar-refractivity contribution in [3.63, 3.8) is 0 Å². The van der Waals surface area contributed by atoms with E-state index in [2.05, 4.69) is 19.9 Å². The van der Waals surface area contributed by atoms with Crippen LogP contribution in [0, 0.1) is 0 Å². The van der Waals surface area contributed by atoms with Crippen LogP contribution in [0.1, 0.15) is 23.3 Å². The number of halogens is 3. The zero-order valence-electron chi connectivity index (χ0n) is 11.9. The Bertz CT molecular complexity index is 833. The maximum atomic E-state index is 12.8. The Morgan fingerprint density at radius 2 is 1.83 bits per heavy atom. The minimum atomic E-state index is -4.35. The van der Waals surface area contributed by atoms with Crippen LogP contribution in [0.15, 0.2) is 48.0 Å². The minimum absolute atomic E-state index is 0.225. The molecule has 0 amide bonds. The number of benzene rings is 1. The third-order valence-electron chi connectivity index (χ3n) is 3.21. The molecule has 0 aliphatic rings. The van der Waals surface area contributed by atoms with E-state index in [1.165, 1.54) is 36.5 Å². The van der Waals surface area contributed by atoms with Gasteiger partial charge < -0.3 is 0 Å². The zero-order valence-corrected chi connectivity index (χ0v) is 12.8. The van der Waals surface area contributed by atoms with Gasteiger partial charge in [-0.05, 0) is 18.6 Å². The van der Waals surface area contributed by atoms with Gasteiger partial charge in [-0.3, -0.25) is 0 Å². The molecule has 0 radical (unpaired) electrons. The molecule has 1 atom stereocenters. The van der Waals surface area contributed by atoms with E-state index in [0.717, 1.165) is 12.1 Å². The molecule has 0 fully saturated rings. The maximum Gasteiger partial charge on any atom is 0.416 e. The quantitative estimate of drug-likeness (QED) is 0.527. The number of hydrogen-bond donors (Lipinski definition) is 0. The Balaban J connectivity index is 1.91. The summed E-state index contributed by atoms with van der Waals surface area (Å²) < 4.78 is 38.5. The van der Waals surface area contributed by atoms with Crippen molar-refractivity contribution in [1.82, 2.24) is 19.9 Å². The molecule has 0 aliphatic heterocycles. The molecule has 0 saturated heterocycles. The summed E-state index contributed by atoms with van der Waals surface area (Å²) >= 11 is 1.32. The number of hydrogen-bond acceptors (Lipinski definition) is 5. The minimum Gasteiger partial charge on any atom is -0.248 e. The molecule has 1 aromatic carbocycles. The molecule has 23 heavy (non-hydrogen) atoms. The van der Waals surface area contributed by atoms with Crippen LogP contribution in [-0.2, 0) is 6.18 Å². The lowest BCUT2D eigenvalue weighted by Crippen LogP contribution is -2.05. The van der Waals surface area contributed by atoms with Crippen LogP contribution in [0.2, 0.25) is 0 Å². The maximum absolute atomic E-state index is 12.8. The van der Waals surface area contributed by atoms with Crippen molar-refractivity contribution in [3.8, 4) is 0 Å². The Morgan fingerprint density at radius 3 is 2.61 bits per heavy atom. The highest BCUT2D eigenvalue weighted by Gasteiger charge is 2.30. The summed E-state index contributed by atoms with van der Waals surface area (Å²) in [5.41, 5.74) is 0.912. The van der Waals surface area contributed by atoms with E-state index in [4.69, 9.17) is 0 Å². The average molecular weight is 336 g/mol. The van der Waals surface area contributed by atoms with Gasteiger partial charge in [0, 0.05) is 17.6 Å². The van der Waals surface area contributed by atoms with E-state index >= 15 is 0 Å². The second-order valence-corrected chi connectivity index (χ2v) is 6.12. The molecule has 0 N–H and O–H groups in total. The molecule has 0 spiro atoms. The number of nitrogens with zero attached hydrogens (tertiary/aromatic N) is 4. The number of alkyl halides is 3. The van der Waals surface area contributed by atoms with E-state index in [1.54, 1.807) is 6.07 Å². The van der Waals surface area contributed by atoms with Gasteiger partial charge in [-0.2, -0.15) is 13.2 Å². The van der Waals surface area contributed by atoms with Crippen LogP contribution in [-0.4, -0.2) is 19.9 Å². The second kappa shape index (κ2) is 6.11. The van der Waals surface area contributed by atoms with Crippen LogP contribution in [0.4, 0.5) is 13.2 Å². The molecule has 118 valence electrons. The molecular weight excluding hydrogens is 325 g/mol. The lowest BCUT2D eigenvalue weighted by molar-refractivity contribution is -0.137. The van der Waals surface area contributed by atoms with Gasteiger partial charge in [-0.1, -0.05) is 30.0 Å². The highest BCUT2D eigenvalue weighted by atomic mass is 32.2. The fourth-order valence-electron chi connectivity index (χ4n) is 2.06. The number of fused-ring (bicyclic) bond motifs is 1. The first-order valence-electron chi connectivity index (χ1n) is 6.70. The molecular formula is C15H11F3N4S. The van der Waals surface area contributed by atoms with Gasteiger partial charge in [0.1, 0.15) is 16.9 Å². The number of thioether (sulfide) groups is 1. The number of aromatic nitrogens is 4. The third-order valence-corrected chi connectivity index (χ3v) is 4.36. The van der Waals surface area contributed by atoms with Gasteiger partial charge >= 0.3 is 6.18 Å². The summed E-state index contributed by atoms with van der Waals surface area (Å²) in [4.78, 5) is 16.5.